The van der Waals surface area contributed by atoms with Crippen LogP contribution in [0, 0.1) is 11.8 Å². The Labute approximate surface area is 328 Å². The number of para-hydroxylation sites is 4. The molecule has 2 unspecified atom stereocenters. The molecule has 6 nitrogen and oxygen atoms in total. The molecular formula is C50H48N4O2. The Morgan fingerprint density at radius 2 is 1.05 bits per heavy atom. The lowest BCUT2D eigenvalue weighted by molar-refractivity contribution is 0.299. The van der Waals surface area contributed by atoms with Gasteiger partial charge in [-0.15, -0.1) is 10.2 Å². The third-order valence-corrected chi connectivity index (χ3v) is 11.4. The first-order valence-electron chi connectivity index (χ1n) is 20.2. The molecule has 0 spiro atoms. The van der Waals surface area contributed by atoms with Crippen molar-refractivity contribution in [3.05, 3.63) is 140 Å². The van der Waals surface area contributed by atoms with Crippen LogP contribution in [0.4, 0.5) is 0 Å². The number of unbranched alkanes of at least 4 members (excludes halogenated alkanes) is 2. The van der Waals surface area contributed by atoms with Crippen LogP contribution >= 0.6 is 0 Å². The van der Waals surface area contributed by atoms with Gasteiger partial charge in [-0.05, 0) is 85.3 Å². The second-order valence-corrected chi connectivity index (χ2v) is 15.5. The highest BCUT2D eigenvalue weighted by Crippen LogP contribution is 2.38. The molecule has 0 amide bonds. The van der Waals surface area contributed by atoms with Crippen LogP contribution in [0.3, 0.4) is 0 Å². The predicted molar refractivity (Wildman–Crippen MR) is 231 cm³/mol. The van der Waals surface area contributed by atoms with Crippen molar-refractivity contribution in [2.75, 3.05) is 6.61 Å². The van der Waals surface area contributed by atoms with E-state index in [0.717, 1.165) is 68.6 Å². The second kappa shape index (κ2) is 15.5. The summed E-state index contributed by atoms with van der Waals surface area (Å²) >= 11 is 0. The van der Waals surface area contributed by atoms with Crippen LogP contribution in [0.5, 0.6) is 5.75 Å². The Balaban J connectivity index is 1.06. The summed E-state index contributed by atoms with van der Waals surface area (Å²) in [6.45, 7) is 7.74. The molecule has 0 saturated heterocycles. The summed E-state index contributed by atoms with van der Waals surface area (Å²) in [5, 5.41) is 14.0. The van der Waals surface area contributed by atoms with Crippen LogP contribution in [-0.4, -0.2) is 25.9 Å². The van der Waals surface area contributed by atoms with Crippen molar-refractivity contribution in [3.8, 4) is 40.0 Å². The predicted octanol–water partition coefficient (Wildman–Crippen LogP) is 13.6. The van der Waals surface area contributed by atoms with Crippen molar-refractivity contribution in [2.24, 2.45) is 11.8 Å². The highest BCUT2D eigenvalue weighted by molar-refractivity contribution is 6.10. The summed E-state index contributed by atoms with van der Waals surface area (Å²) in [6.07, 6.45) is 7.36. The van der Waals surface area contributed by atoms with Crippen LogP contribution in [0.15, 0.2) is 144 Å². The molecular weight excluding hydrogens is 689 g/mol. The summed E-state index contributed by atoms with van der Waals surface area (Å²) in [5.74, 6) is 3.34. The van der Waals surface area contributed by atoms with Crippen LogP contribution in [-0.2, 0) is 0 Å². The van der Waals surface area contributed by atoms with Gasteiger partial charge in [-0.3, -0.25) is 0 Å². The van der Waals surface area contributed by atoms with E-state index in [2.05, 4.69) is 155 Å². The smallest absolute Gasteiger partial charge is 0.248 e. The molecule has 0 N–H and O–H groups in total. The molecule has 2 atom stereocenters. The molecule has 0 aliphatic heterocycles. The van der Waals surface area contributed by atoms with E-state index >= 15 is 0 Å². The minimum Gasteiger partial charge on any atom is -0.494 e. The van der Waals surface area contributed by atoms with E-state index in [1.807, 2.05) is 24.3 Å². The SMILES string of the molecule is CCC(C)CC(C)CCCCCOc1cccc(-c2nnc(-c3cc(-n4c5ccccc5c5ccccc54)cc(-n4c5ccccc5c5ccccc54)c3)o2)c1. The lowest BCUT2D eigenvalue weighted by Crippen LogP contribution is -2.03. The average Bonchev–Trinajstić information content (AvgIpc) is 3.96. The highest BCUT2D eigenvalue weighted by atomic mass is 16.5. The maximum absolute atomic E-state index is 6.52. The van der Waals surface area contributed by atoms with E-state index in [9.17, 15) is 0 Å². The van der Waals surface area contributed by atoms with Crippen LogP contribution in [0.1, 0.15) is 59.3 Å². The zero-order chi connectivity index (χ0) is 38.0. The van der Waals surface area contributed by atoms with Crippen molar-refractivity contribution in [1.82, 2.24) is 19.3 Å². The summed E-state index contributed by atoms with van der Waals surface area (Å²) < 4.78 is 17.4. The third-order valence-electron chi connectivity index (χ3n) is 11.4. The van der Waals surface area contributed by atoms with E-state index in [-0.39, 0.29) is 0 Å². The Morgan fingerprint density at radius 1 is 0.536 bits per heavy atom. The third kappa shape index (κ3) is 6.85. The van der Waals surface area contributed by atoms with Gasteiger partial charge in [0.15, 0.2) is 0 Å². The first-order chi connectivity index (χ1) is 27.6. The molecule has 0 aliphatic carbocycles. The number of aromatic nitrogens is 4. The molecule has 280 valence electrons. The topological polar surface area (TPSA) is 58.0 Å². The van der Waals surface area contributed by atoms with Gasteiger partial charge in [0.25, 0.3) is 0 Å². The van der Waals surface area contributed by atoms with Gasteiger partial charge < -0.3 is 18.3 Å². The van der Waals surface area contributed by atoms with E-state index in [1.54, 1.807) is 0 Å². The highest BCUT2D eigenvalue weighted by Gasteiger charge is 2.19. The number of benzene rings is 6. The van der Waals surface area contributed by atoms with Crippen molar-refractivity contribution in [1.29, 1.82) is 0 Å². The quantitative estimate of drug-likeness (QED) is 0.104. The van der Waals surface area contributed by atoms with Crippen molar-refractivity contribution >= 4 is 43.6 Å². The number of hydrogen-bond acceptors (Lipinski definition) is 4. The maximum atomic E-state index is 6.52. The summed E-state index contributed by atoms with van der Waals surface area (Å²) in [7, 11) is 0. The zero-order valence-electron chi connectivity index (χ0n) is 32.5. The molecule has 9 rings (SSSR count). The van der Waals surface area contributed by atoms with Gasteiger partial charge >= 0.3 is 0 Å². The largest absolute Gasteiger partial charge is 0.494 e. The lowest BCUT2D eigenvalue weighted by Gasteiger charge is -2.15. The Bertz CT molecular complexity index is 2550. The molecule has 0 aliphatic rings. The fourth-order valence-corrected chi connectivity index (χ4v) is 8.49. The maximum Gasteiger partial charge on any atom is 0.248 e. The lowest BCUT2D eigenvalue weighted by atomic mass is 9.91. The van der Waals surface area contributed by atoms with Gasteiger partial charge in [-0.2, -0.15) is 0 Å². The Kier molecular flexibility index (Phi) is 9.87. The second-order valence-electron chi connectivity index (χ2n) is 15.5. The molecule has 0 bridgehead atoms. The van der Waals surface area contributed by atoms with E-state index in [1.165, 1.54) is 53.6 Å². The molecule has 56 heavy (non-hydrogen) atoms. The van der Waals surface area contributed by atoms with E-state index in [4.69, 9.17) is 9.15 Å². The first-order valence-corrected chi connectivity index (χ1v) is 20.2. The van der Waals surface area contributed by atoms with Gasteiger partial charge in [-0.1, -0.05) is 125 Å². The summed E-state index contributed by atoms with van der Waals surface area (Å²) in [6, 6.07) is 49.0. The van der Waals surface area contributed by atoms with Crippen molar-refractivity contribution in [3.63, 3.8) is 0 Å². The van der Waals surface area contributed by atoms with Crippen LogP contribution in [0.2, 0.25) is 0 Å². The van der Waals surface area contributed by atoms with Crippen LogP contribution < -0.4 is 4.74 Å². The van der Waals surface area contributed by atoms with E-state index in [0.29, 0.717) is 18.4 Å². The Morgan fingerprint density at radius 3 is 1.59 bits per heavy atom. The standard InChI is InChI=1S/C50H48N4O2/c1-4-34(2)29-35(3)17-6-5-15-28-55-40-19-16-18-36(32-40)49-51-52-50(56-49)37-30-38(53-45-24-11-7-20-41(45)42-21-8-12-25-46(42)53)33-39(31-37)54-47-26-13-9-22-43(47)44-23-10-14-27-48(44)54/h7-14,16,18-27,30-35H,4-6,15,17,28-29H2,1-3H3. The number of nitrogens with zero attached hydrogens (tertiary/aromatic N) is 4. The molecule has 0 saturated carbocycles. The van der Waals surface area contributed by atoms with Crippen molar-refractivity contribution in [2.45, 2.75) is 59.3 Å². The van der Waals surface area contributed by atoms with Gasteiger partial charge in [0.05, 0.1) is 28.7 Å². The number of fused-ring (bicyclic) bond motifs is 6. The van der Waals surface area contributed by atoms with Gasteiger partial charge in [0, 0.05) is 44.0 Å². The van der Waals surface area contributed by atoms with Gasteiger partial charge in [0.2, 0.25) is 11.8 Å². The molecule has 6 heteroatoms. The number of rotatable bonds is 14. The minimum atomic E-state index is 0.457. The van der Waals surface area contributed by atoms with Gasteiger partial charge in [-0.25, -0.2) is 0 Å². The monoisotopic (exact) mass is 736 g/mol. The molecule has 3 heterocycles. The number of hydrogen-bond donors (Lipinski definition) is 0. The normalized spacial score (nSPS) is 12.9. The average molecular weight is 737 g/mol. The minimum absolute atomic E-state index is 0.457. The Hall–Kier alpha value is -6.14. The summed E-state index contributed by atoms with van der Waals surface area (Å²) in [4.78, 5) is 0. The summed E-state index contributed by atoms with van der Waals surface area (Å²) in [5.41, 5.74) is 8.24. The number of ether oxygens (including phenoxy) is 1. The first kappa shape index (κ1) is 35.6. The van der Waals surface area contributed by atoms with Crippen molar-refractivity contribution < 1.29 is 9.15 Å². The van der Waals surface area contributed by atoms with Crippen LogP contribution in [0.25, 0.3) is 77.9 Å². The zero-order valence-corrected chi connectivity index (χ0v) is 32.5. The fourth-order valence-electron chi connectivity index (χ4n) is 8.49. The van der Waals surface area contributed by atoms with Gasteiger partial charge in [0.1, 0.15) is 5.75 Å². The van der Waals surface area contributed by atoms with E-state index < -0.39 is 0 Å². The fraction of sp³-hybridized carbons (Fsp3) is 0.240. The molecule has 3 aromatic heterocycles. The molecule has 9 aromatic rings. The molecule has 0 fully saturated rings. The molecule has 6 aromatic carbocycles. The molecule has 0 radical (unpaired) electrons.